The number of sulfone groups is 1. The first-order valence-electron chi connectivity index (χ1n) is 9.23. The van der Waals surface area contributed by atoms with Crippen molar-refractivity contribution in [2.45, 2.75) is 22.8 Å². The predicted molar refractivity (Wildman–Crippen MR) is 112 cm³/mol. The summed E-state index contributed by atoms with van der Waals surface area (Å²) in [5.41, 5.74) is 0.493. The number of methoxy groups -OCH3 is 1. The topological polar surface area (TPSA) is 91.2 Å². The molecule has 0 aliphatic rings. The van der Waals surface area contributed by atoms with E-state index in [0.717, 1.165) is 5.56 Å². The number of hydrogen-bond acceptors (Lipinski definition) is 6. The zero-order chi connectivity index (χ0) is 21.3. The lowest BCUT2D eigenvalue weighted by Crippen LogP contribution is -2.26. The number of fused-ring (bicyclic) bond motifs is 1. The second kappa shape index (κ2) is 7.72. The lowest BCUT2D eigenvalue weighted by atomic mass is 10.1. The SMILES string of the molecule is COc1ccc(C(C)n2ncc3cc(S(=O)(=O)c4ccccc4)ccc3c2=O)cn1. The van der Waals surface area contributed by atoms with Gasteiger partial charge in [0.15, 0.2) is 0 Å². The fourth-order valence-electron chi connectivity index (χ4n) is 3.22. The highest BCUT2D eigenvalue weighted by atomic mass is 32.2. The molecule has 0 saturated heterocycles. The van der Waals surface area contributed by atoms with Crippen LogP contribution in [-0.2, 0) is 9.84 Å². The minimum atomic E-state index is -3.68. The average Bonchev–Trinajstić information content (AvgIpc) is 2.79. The molecule has 152 valence electrons. The lowest BCUT2D eigenvalue weighted by molar-refractivity contribution is 0.397. The van der Waals surface area contributed by atoms with Gasteiger partial charge in [0.2, 0.25) is 15.7 Å². The maximum Gasteiger partial charge on any atom is 0.275 e. The van der Waals surface area contributed by atoms with Gasteiger partial charge in [0.1, 0.15) is 0 Å². The Morgan fingerprint density at radius 3 is 2.40 bits per heavy atom. The van der Waals surface area contributed by atoms with Crippen molar-refractivity contribution in [2.75, 3.05) is 7.11 Å². The van der Waals surface area contributed by atoms with E-state index < -0.39 is 9.84 Å². The van der Waals surface area contributed by atoms with Gasteiger partial charge in [-0.15, -0.1) is 0 Å². The van der Waals surface area contributed by atoms with Crippen molar-refractivity contribution in [1.82, 2.24) is 14.8 Å². The van der Waals surface area contributed by atoms with Gasteiger partial charge in [-0.05, 0) is 48.9 Å². The fraction of sp³-hybridized carbons (Fsp3) is 0.136. The first-order valence-corrected chi connectivity index (χ1v) is 10.7. The lowest BCUT2D eigenvalue weighted by Gasteiger charge is -2.15. The minimum Gasteiger partial charge on any atom is -0.481 e. The van der Waals surface area contributed by atoms with Crippen molar-refractivity contribution in [2.24, 2.45) is 0 Å². The third-order valence-corrected chi connectivity index (χ3v) is 6.73. The van der Waals surface area contributed by atoms with Crippen LogP contribution in [-0.4, -0.2) is 30.3 Å². The van der Waals surface area contributed by atoms with E-state index in [2.05, 4.69) is 10.1 Å². The monoisotopic (exact) mass is 421 g/mol. The van der Waals surface area contributed by atoms with Crippen molar-refractivity contribution in [1.29, 1.82) is 0 Å². The summed E-state index contributed by atoms with van der Waals surface area (Å²) in [4.78, 5) is 17.5. The Kier molecular flexibility index (Phi) is 5.09. The van der Waals surface area contributed by atoms with Crippen LogP contribution in [0.4, 0.5) is 0 Å². The molecule has 0 aliphatic heterocycles. The van der Waals surface area contributed by atoms with E-state index in [9.17, 15) is 13.2 Å². The molecule has 0 amide bonds. The smallest absolute Gasteiger partial charge is 0.275 e. The normalized spacial score (nSPS) is 12.6. The fourth-order valence-corrected chi connectivity index (χ4v) is 4.54. The maximum atomic E-state index is 13.0. The summed E-state index contributed by atoms with van der Waals surface area (Å²) >= 11 is 0. The van der Waals surface area contributed by atoms with Crippen LogP contribution in [0.3, 0.4) is 0 Å². The number of pyridine rings is 1. The highest BCUT2D eigenvalue weighted by Gasteiger charge is 2.19. The second-order valence-corrected chi connectivity index (χ2v) is 8.72. The molecule has 7 nitrogen and oxygen atoms in total. The Bertz CT molecular complexity index is 1370. The quantitative estimate of drug-likeness (QED) is 0.491. The van der Waals surface area contributed by atoms with Crippen molar-refractivity contribution >= 4 is 20.6 Å². The number of benzene rings is 2. The highest BCUT2D eigenvalue weighted by molar-refractivity contribution is 7.91. The molecular weight excluding hydrogens is 402 g/mol. The molecule has 4 aromatic rings. The number of nitrogens with zero attached hydrogens (tertiary/aromatic N) is 3. The molecular formula is C22H19N3O4S. The van der Waals surface area contributed by atoms with Crippen molar-refractivity contribution in [3.05, 3.63) is 89.0 Å². The van der Waals surface area contributed by atoms with Gasteiger partial charge >= 0.3 is 0 Å². The Labute approximate surface area is 173 Å². The summed E-state index contributed by atoms with van der Waals surface area (Å²) in [6, 6.07) is 15.8. The molecule has 0 fully saturated rings. The summed E-state index contributed by atoms with van der Waals surface area (Å²) in [6.07, 6.45) is 3.14. The summed E-state index contributed by atoms with van der Waals surface area (Å²) in [7, 11) is -2.14. The summed E-state index contributed by atoms with van der Waals surface area (Å²) in [6.45, 7) is 1.85. The van der Waals surface area contributed by atoms with E-state index in [1.165, 1.54) is 36.2 Å². The zero-order valence-corrected chi connectivity index (χ0v) is 17.2. The average molecular weight is 421 g/mol. The van der Waals surface area contributed by atoms with Gasteiger partial charge in [0.25, 0.3) is 5.56 Å². The molecule has 4 rings (SSSR count). The van der Waals surface area contributed by atoms with Crippen molar-refractivity contribution < 1.29 is 13.2 Å². The predicted octanol–water partition coefficient (Wildman–Crippen LogP) is 3.24. The summed E-state index contributed by atoms with van der Waals surface area (Å²) in [5, 5.41) is 5.13. The molecule has 0 saturated carbocycles. The molecule has 2 heterocycles. The van der Waals surface area contributed by atoms with E-state index in [1.54, 1.807) is 42.6 Å². The number of aromatic nitrogens is 3. The third-order valence-electron chi connectivity index (χ3n) is 4.96. The molecule has 1 atom stereocenters. The first-order chi connectivity index (χ1) is 14.4. The number of rotatable bonds is 5. The number of hydrogen-bond donors (Lipinski definition) is 0. The van der Waals surface area contributed by atoms with E-state index >= 15 is 0 Å². The van der Waals surface area contributed by atoms with Gasteiger partial charge in [-0.25, -0.2) is 18.1 Å². The summed E-state index contributed by atoms with van der Waals surface area (Å²) in [5.74, 6) is 0.483. The molecule has 30 heavy (non-hydrogen) atoms. The zero-order valence-electron chi connectivity index (χ0n) is 16.4. The van der Waals surface area contributed by atoms with E-state index in [0.29, 0.717) is 16.7 Å². The van der Waals surface area contributed by atoms with Crippen LogP contribution in [0.2, 0.25) is 0 Å². The van der Waals surface area contributed by atoms with Gasteiger partial charge in [-0.3, -0.25) is 4.79 Å². The molecule has 2 aromatic heterocycles. The Morgan fingerprint density at radius 1 is 0.967 bits per heavy atom. The molecule has 8 heteroatoms. The molecule has 2 aromatic carbocycles. The van der Waals surface area contributed by atoms with Crippen LogP contribution in [0.25, 0.3) is 10.8 Å². The minimum absolute atomic E-state index is 0.118. The van der Waals surface area contributed by atoms with Crippen LogP contribution < -0.4 is 10.3 Å². The van der Waals surface area contributed by atoms with E-state index in [-0.39, 0.29) is 21.4 Å². The highest BCUT2D eigenvalue weighted by Crippen LogP contribution is 2.24. The molecule has 1 unspecified atom stereocenters. The van der Waals surface area contributed by atoms with Crippen LogP contribution in [0, 0.1) is 0 Å². The maximum absolute atomic E-state index is 13.0. The van der Waals surface area contributed by atoms with Crippen molar-refractivity contribution in [3.8, 4) is 5.88 Å². The summed E-state index contributed by atoms with van der Waals surface area (Å²) < 4.78 is 32.1. The van der Waals surface area contributed by atoms with Gasteiger partial charge in [0.05, 0.1) is 34.5 Å². The second-order valence-electron chi connectivity index (χ2n) is 6.77. The molecule has 0 radical (unpaired) electrons. The Morgan fingerprint density at radius 2 is 1.73 bits per heavy atom. The molecule has 0 aliphatic carbocycles. The standard InChI is InChI=1S/C22H19N3O4S/c1-15(16-8-11-21(29-2)23-13-16)25-22(26)20-10-9-19(12-17(20)14-24-25)30(27,28)18-6-4-3-5-7-18/h3-15H,1-2H3. The Balaban J connectivity index is 1.75. The number of ether oxygens (including phenoxy) is 1. The Hall–Kier alpha value is -3.52. The molecule has 0 N–H and O–H groups in total. The van der Waals surface area contributed by atoms with Crippen molar-refractivity contribution in [3.63, 3.8) is 0 Å². The van der Waals surface area contributed by atoms with E-state index in [1.807, 2.05) is 13.0 Å². The van der Waals surface area contributed by atoms with Crippen LogP contribution in [0.15, 0.2) is 87.6 Å². The molecule has 0 bridgehead atoms. The first kappa shape index (κ1) is 19.8. The van der Waals surface area contributed by atoms with Crippen LogP contribution in [0.1, 0.15) is 18.5 Å². The van der Waals surface area contributed by atoms with Crippen LogP contribution >= 0.6 is 0 Å². The largest absolute Gasteiger partial charge is 0.481 e. The third kappa shape index (κ3) is 3.46. The van der Waals surface area contributed by atoms with E-state index in [4.69, 9.17) is 4.74 Å². The van der Waals surface area contributed by atoms with Gasteiger partial charge in [-0.2, -0.15) is 5.10 Å². The van der Waals surface area contributed by atoms with Gasteiger partial charge in [0, 0.05) is 17.6 Å². The van der Waals surface area contributed by atoms with Gasteiger partial charge < -0.3 is 4.74 Å². The molecule has 0 spiro atoms. The van der Waals surface area contributed by atoms with Gasteiger partial charge in [-0.1, -0.05) is 18.2 Å². The van der Waals surface area contributed by atoms with Crippen LogP contribution in [0.5, 0.6) is 5.88 Å².